The molecule has 44 heavy (non-hydrogen) atoms. The number of nitrogens with one attached hydrogen (secondary N) is 3. The third-order valence-corrected chi connectivity index (χ3v) is 6.79. The van der Waals surface area contributed by atoms with E-state index in [2.05, 4.69) is 20.9 Å². The maximum Gasteiger partial charge on any atom is 0.412 e. The van der Waals surface area contributed by atoms with Crippen LogP contribution in [0.2, 0.25) is 0 Å². The highest BCUT2D eigenvalue weighted by molar-refractivity contribution is 6.06. The summed E-state index contributed by atoms with van der Waals surface area (Å²) in [5, 5.41) is 8.37. The van der Waals surface area contributed by atoms with Gasteiger partial charge in [0.1, 0.15) is 11.4 Å². The summed E-state index contributed by atoms with van der Waals surface area (Å²) in [5.74, 6) is -0.733. The van der Waals surface area contributed by atoms with Crippen LogP contribution in [-0.4, -0.2) is 72.8 Å². The molecule has 1 heterocycles. The minimum Gasteiger partial charge on any atom is -0.444 e. The Kier molecular flexibility index (Phi) is 11.3. The van der Waals surface area contributed by atoms with Gasteiger partial charge in [0, 0.05) is 44.0 Å². The number of benzene rings is 3. The van der Waals surface area contributed by atoms with E-state index in [0.29, 0.717) is 48.9 Å². The fourth-order valence-corrected chi connectivity index (χ4v) is 4.59. The van der Waals surface area contributed by atoms with Gasteiger partial charge in [-0.05, 0) is 81.3 Å². The van der Waals surface area contributed by atoms with Crippen LogP contribution in [0.5, 0.6) is 0 Å². The molecule has 0 aliphatic carbocycles. The first-order valence-corrected chi connectivity index (χ1v) is 14.7. The summed E-state index contributed by atoms with van der Waals surface area (Å²) in [5.41, 5.74) is 1.93. The number of carbonyl (C=O) groups excluding carboxylic acids is 3. The number of amides is 4. The van der Waals surface area contributed by atoms with E-state index in [1.54, 1.807) is 74.2 Å². The molecule has 3 N–H and O–H groups in total. The van der Waals surface area contributed by atoms with Crippen LogP contribution in [0.25, 0.3) is 0 Å². The predicted molar refractivity (Wildman–Crippen MR) is 168 cm³/mol. The van der Waals surface area contributed by atoms with Crippen molar-refractivity contribution in [3.63, 3.8) is 0 Å². The van der Waals surface area contributed by atoms with E-state index < -0.39 is 11.7 Å². The van der Waals surface area contributed by atoms with Crippen LogP contribution >= 0.6 is 0 Å². The maximum atomic E-state index is 13.4. The van der Waals surface area contributed by atoms with Crippen molar-refractivity contribution < 1.29 is 28.2 Å². The second-order valence-corrected chi connectivity index (χ2v) is 11.5. The molecule has 1 aliphatic rings. The SMILES string of the molecule is CC(C)(C)OC(=O)Nc1ccccc1NC(=O)c1ccc(CN(CCCN2CCOCC2)C(=O)Nc2ccc(F)cc2)cc1. The molecule has 0 radical (unpaired) electrons. The number of carbonyl (C=O) groups is 3. The molecule has 234 valence electrons. The summed E-state index contributed by atoms with van der Waals surface area (Å²) in [6.07, 6.45) is 0.148. The van der Waals surface area contributed by atoms with Crippen molar-refractivity contribution in [3.05, 3.63) is 89.7 Å². The summed E-state index contributed by atoms with van der Waals surface area (Å²) in [4.78, 5) is 42.6. The van der Waals surface area contributed by atoms with E-state index in [1.807, 2.05) is 0 Å². The van der Waals surface area contributed by atoms with Crippen molar-refractivity contribution in [2.24, 2.45) is 0 Å². The fourth-order valence-electron chi connectivity index (χ4n) is 4.59. The Morgan fingerprint density at radius 2 is 1.52 bits per heavy atom. The van der Waals surface area contributed by atoms with Crippen molar-refractivity contribution in [3.8, 4) is 0 Å². The number of ether oxygens (including phenoxy) is 2. The minimum absolute atomic E-state index is 0.297. The molecule has 0 saturated carbocycles. The number of hydrogen-bond donors (Lipinski definition) is 3. The third-order valence-electron chi connectivity index (χ3n) is 6.79. The molecule has 1 saturated heterocycles. The lowest BCUT2D eigenvalue weighted by atomic mass is 10.1. The molecule has 4 rings (SSSR count). The molecule has 11 heteroatoms. The molecule has 0 aromatic heterocycles. The number of halogens is 1. The standard InChI is InChI=1S/C33H40FN5O5/c1-33(2,3)44-32(42)37-29-8-5-4-7-28(29)36-30(40)25-11-9-24(10-12-25)23-39(18-6-17-38-19-21-43-22-20-38)31(41)35-27-15-13-26(34)14-16-27/h4-5,7-16H,6,17-23H2,1-3H3,(H,35,41)(H,36,40)(H,37,42). The van der Waals surface area contributed by atoms with Crippen LogP contribution in [-0.2, 0) is 16.0 Å². The zero-order chi connectivity index (χ0) is 31.5. The third kappa shape index (κ3) is 10.4. The zero-order valence-electron chi connectivity index (χ0n) is 25.4. The van der Waals surface area contributed by atoms with E-state index >= 15 is 0 Å². The maximum absolute atomic E-state index is 13.4. The van der Waals surface area contributed by atoms with Gasteiger partial charge in [0.15, 0.2) is 0 Å². The first kappa shape index (κ1) is 32.4. The van der Waals surface area contributed by atoms with Crippen molar-refractivity contribution in [1.82, 2.24) is 9.80 Å². The van der Waals surface area contributed by atoms with Gasteiger partial charge in [-0.2, -0.15) is 0 Å². The monoisotopic (exact) mass is 605 g/mol. The summed E-state index contributed by atoms with van der Waals surface area (Å²) in [6.45, 7) is 10.1. The molecule has 0 atom stereocenters. The Hall–Kier alpha value is -4.48. The molecule has 0 unspecified atom stereocenters. The Morgan fingerprint density at radius 1 is 0.886 bits per heavy atom. The van der Waals surface area contributed by atoms with E-state index in [0.717, 1.165) is 31.6 Å². The van der Waals surface area contributed by atoms with Crippen LogP contribution in [0.3, 0.4) is 0 Å². The molecule has 4 amide bonds. The Bertz CT molecular complexity index is 1400. The summed E-state index contributed by atoms with van der Waals surface area (Å²) >= 11 is 0. The van der Waals surface area contributed by atoms with Crippen molar-refractivity contribution in [1.29, 1.82) is 0 Å². The molecule has 3 aromatic rings. The van der Waals surface area contributed by atoms with Gasteiger partial charge in [0.2, 0.25) is 0 Å². The summed E-state index contributed by atoms with van der Waals surface area (Å²) in [7, 11) is 0. The largest absolute Gasteiger partial charge is 0.444 e. The Balaban J connectivity index is 1.39. The quantitative estimate of drug-likeness (QED) is 0.254. The molecular formula is C33H40FN5O5. The normalized spacial score (nSPS) is 13.5. The average Bonchev–Trinajstić information content (AvgIpc) is 2.98. The van der Waals surface area contributed by atoms with E-state index in [-0.39, 0.29) is 17.8 Å². The van der Waals surface area contributed by atoms with Crippen molar-refractivity contribution >= 4 is 35.1 Å². The minimum atomic E-state index is -0.663. The van der Waals surface area contributed by atoms with Gasteiger partial charge in [-0.3, -0.25) is 15.0 Å². The van der Waals surface area contributed by atoms with Gasteiger partial charge in [-0.1, -0.05) is 24.3 Å². The molecule has 1 aliphatic heterocycles. The highest BCUT2D eigenvalue weighted by atomic mass is 19.1. The number of anilines is 3. The summed E-state index contributed by atoms with van der Waals surface area (Å²) < 4.78 is 24.1. The smallest absolute Gasteiger partial charge is 0.412 e. The predicted octanol–water partition coefficient (Wildman–Crippen LogP) is 6.18. The number of nitrogens with zero attached hydrogens (tertiary/aromatic N) is 2. The molecular weight excluding hydrogens is 565 g/mol. The number of urea groups is 1. The molecule has 0 bridgehead atoms. The van der Waals surface area contributed by atoms with Crippen LogP contribution in [0.4, 0.5) is 31.0 Å². The first-order chi connectivity index (χ1) is 21.1. The lowest BCUT2D eigenvalue weighted by Gasteiger charge is -2.28. The van der Waals surface area contributed by atoms with Crippen molar-refractivity contribution in [2.45, 2.75) is 39.3 Å². The zero-order valence-corrected chi connectivity index (χ0v) is 25.4. The van der Waals surface area contributed by atoms with Crippen molar-refractivity contribution in [2.75, 3.05) is 55.3 Å². The number of hydrogen-bond acceptors (Lipinski definition) is 6. The second kappa shape index (κ2) is 15.3. The number of rotatable bonds is 10. The van der Waals surface area contributed by atoms with Crippen LogP contribution < -0.4 is 16.0 Å². The highest BCUT2D eigenvalue weighted by Gasteiger charge is 2.19. The van der Waals surface area contributed by atoms with Crippen LogP contribution in [0, 0.1) is 5.82 Å². The molecule has 3 aromatic carbocycles. The molecule has 0 spiro atoms. The molecule has 1 fully saturated rings. The molecule has 10 nitrogen and oxygen atoms in total. The van der Waals surface area contributed by atoms with Crippen LogP contribution in [0.1, 0.15) is 43.1 Å². The Morgan fingerprint density at radius 3 is 2.16 bits per heavy atom. The van der Waals surface area contributed by atoms with Crippen LogP contribution in [0.15, 0.2) is 72.8 Å². The number of para-hydroxylation sites is 2. The van der Waals surface area contributed by atoms with Gasteiger partial charge in [-0.25, -0.2) is 14.0 Å². The highest BCUT2D eigenvalue weighted by Crippen LogP contribution is 2.23. The lowest BCUT2D eigenvalue weighted by Crippen LogP contribution is -2.40. The number of morpholine rings is 1. The average molecular weight is 606 g/mol. The fraction of sp³-hybridized carbons (Fsp3) is 0.364. The van der Waals surface area contributed by atoms with E-state index in [4.69, 9.17) is 9.47 Å². The van der Waals surface area contributed by atoms with Gasteiger partial charge in [0.25, 0.3) is 5.91 Å². The van der Waals surface area contributed by atoms with Gasteiger partial charge in [0.05, 0.1) is 24.6 Å². The van der Waals surface area contributed by atoms with E-state index in [1.165, 1.54) is 24.3 Å². The van der Waals surface area contributed by atoms with Gasteiger partial charge in [-0.15, -0.1) is 0 Å². The summed E-state index contributed by atoms with van der Waals surface area (Å²) in [6, 6.07) is 19.2. The van der Waals surface area contributed by atoms with Gasteiger partial charge >= 0.3 is 12.1 Å². The second-order valence-electron chi connectivity index (χ2n) is 11.5. The topological polar surface area (TPSA) is 112 Å². The lowest BCUT2D eigenvalue weighted by molar-refractivity contribution is 0.0365. The Labute approximate surface area is 257 Å². The van der Waals surface area contributed by atoms with Gasteiger partial charge < -0.3 is 25.0 Å². The first-order valence-electron chi connectivity index (χ1n) is 14.7. The van der Waals surface area contributed by atoms with E-state index in [9.17, 15) is 18.8 Å².